The smallest absolute Gasteiger partial charge is 0.224 e. The molecule has 0 spiro atoms. The highest BCUT2D eigenvalue weighted by Gasteiger charge is 2.29. The summed E-state index contributed by atoms with van der Waals surface area (Å²) in [6, 6.07) is 0. The van der Waals surface area contributed by atoms with E-state index >= 15 is 0 Å². The van der Waals surface area contributed by atoms with Crippen LogP contribution in [0, 0.1) is 17.8 Å². The zero-order valence-electron chi connectivity index (χ0n) is 8.76. The van der Waals surface area contributed by atoms with Gasteiger partial charge in [0.05, 0.1) is 5.92 Å². The number of rotatable bonds is 3. The highest BCUT2D eigenvalue weighted by molar-refractivity contribution is 5.79. The summed E-state index contributed by atoms with van der Waals surface area (Å²) >= 11 is 0. The molecule has 1 amide bonds. The molecule has 0 aromatic heterocycles. The van der Waals surface area contributed by atoms with Crippen LogP contribution in [0.1, 0.15) is 20.8 Å². The molecule has 0 aromatic carbocycles. The lowest BCUT2D eigenvalue weighted by Gasteiger charge is -2.15. The topological polar surface area (TPSA) is 41.1 Å². The number of carbonyl (C=O) groups is 1. The van der Waals surface area contributed by atoms with Crippen molar-refractivity contribution in [3.8, 4) is 0 Å². The maximum atomic E-state index is 11.6. The van der Waals surface area contributed by atoms with Crippen molar-refractivity contribution in [1.82, 2.24) is 10.6 Å². The van der Waals surface area contributed by atoms with Gasteiger partial charge in [-0.3, -0.25) is 4.79 Å². The third-order valence-electron chi connectivity index (χ3n) is 2.54. The second-order valence-electron chi connectivity index (χ2n) is 4.38. The quantitative estimate of drug-likeness (QED) is 0.675. The average Bonchev–Trinajstić information content (AvgIpc) is 2.47. The van der Waals surface area contributed by atoms with Gasteiger partial charge in [-0.1, -0.05) is 20.8 Å². The molecule has 1 aliphatic rings. The van der Waals surface area contributed by atoms with Gasteiger partial charge >= 0.3 is 0 Å². The van der Waals surface area contributed by atoms with Crippen molar-refractivity contribution in [2.75, 3.05) is 19.6 Å². The number of hydrogen-bond donors (Lipinski definition) is 2. The molecule has 0 radical (unpaired) electrons. The van der Waals surface area contributed by atoms with E-state index < -0.39 is 0 Å². The molecule has 1 aliphatic heterocycles. The van der Waals surface area contributed by atoms with Crippen molar-refractivity contribution in [3.63, 3.8) is 0 Å². The van der Waals surface area contributed by atoms with Gasteiger partial charge in [-0.25, -0.2) is 0 Å². The maximum absolute atomic E-state index is 11.6. The Morgan fingerprint density at radius 1 is 1.54 bits per heavy atom. The van der Waals surface area contributed by atoms with Gasteiger partial charge in [0.15, 0.2) is 0 Å². The van der Waals surface area contributed by atoms with Crippen molar-refractivity contribution < 1.29 is 4.79 Å². The third-order valence-corrected chi connectivity index (χ3v) is 2.54. The van der Waals surface area contributed by atoms with Gasteiger partial charge in [0.25, 0.3) is 0 Å². The summed E-state index contributed by atoms with van der Waals surface area (Å²) in [5.41, 5.74) is 0. The SMILES string of the molecule is CC(C)CNC(=O)C1CNCC1C. The summed E-state index contributed by atoms with van der Waals surface area (Å²) < 4.78 is 0. The van der Waals surface area contributed by atoms with Crippen LogP contribution < -0.4 is 10.6 Å². The Labute approximate surface area is 80.3 Å². The van der Waals surface area contributed by atoms with E-state index in [1.54, 1.807) is 0 Å². The van der Waals surface area contributed by atoms with E-state index in [2.05, 4.69) is 31.4 Å². The Kier molecular flexibility index (Phi) is 3.72. The van der Waals surface area contributed by atoms with Gasteiger partial charge in [0.1, 0.15) is 0 Å². The van der Waals surface area contributed by atoms with Crippen molar-refractivity contribution >= 4 is 5.91 Å². The predicted molar refractivity (Wildman–Crippen MR) is 53.4 cm³/mol. The molecule has 2 atom stereocenters. The highest BCUT2D eigenvalue weighted by Crippen LogP contribution is 2.15. The summed E-state index contributed by atoms with van der Waals surface area (Å²) in [7, 11) is 0. The number of carbonyl (C=O) groups excluding carboxylic acids is 1. The van der Waals surface area contributed by atoms with Crippen LogP contribution in [-0.2, 0) is 4.79 Å². The van der Waals surface area contributed by atoms with Gasteiger partial charge in [0.2, 0.25) is 5.91 Å². The third kappa shape index (κ3) is 2.99. The minimum absolute atomic E-state index is 0.179. The fourth-order valence-electron chi connectivity index (χ4n) is 1.60. The van der Waals surface area contributed by atoms with Gasteiger partial charge < -0.3 is 10.6 Å². The summed E-state index contributed by atoms with van der Waals surface area (Å²) in [6.07, 6.45) is 0. The van der Waals surface area contributed by atoms with Gasteiger partial charge in [-0.15, -0.1) is 0 Å². The second-order valence-corrected chi connectivity index (χ2v) is 4.38. The largest absolute Gasteiger partial charge is 0.356 e. The van der Waals surface area contributed by atoms with Crippen LogP contribution in [0.3, 0.4) is 0 Å². The molecule has 0 aliphatic carbocycles. The first-order valence-electron chi connectivity index (χ1n) is 5.09. The van der Waals surface area contributed by atoms with E-state index in [0.717, 1.165) is 19.6 Å². The van der Waals surface area contributed by atoms with Gasteiger partial charge in [-0.05, 0) is 18.4 Å². The molecule has 0 bridgehead atoms. The van der Waals surface area contributed by atoms with Crippen LogP contribution in [0.15, 0.2) is 0 Å². The summed E-state index contributed by atoms with van der Waals surface area (Å²) in [4.78, 5) is 11.6. The lowest BCUT2D eigenvalue weighted by Crippen LogP contribution is -2.36. The molecule has 1 fully saturated rings. The monoisotopic (exact) mass is 184 g/mol. The van der Waals surface area contributed by atoms with E-state index in [4.69, 9.17) is 0 Å². The maximum Gasteiger partial charge on any atom is 0.224 e. The minimum atomic E-state index is 0.179. The Morgan fingerprint density at radius 3 is 2.69 bits per heavy atom. The Bertz CT molecular complexity index is 180. The predicted octanol–water partition coefficient (Wildman–Crippen LogP) is 0.614. The number of hydrogen-bond acceptors (Lipinski definition) is 2. The normalized spacial score (nSPS) is 28.0. The van der Waals surface area contributed by atoms with E-state index in [1.165, 1.54) is 0 Å². The first kappa shape index (κ1) is 10.5. The fraction of sp³-hybridized carbons (Fsp3) is 0.900. The zero-order chi connectivity index (χ0) is 9.84. The second kappa shape index (κ2) is 4.61. The van der Waals surface area contributed by atoms with Crippen LogP contribution >= 0.6 is 0 Å². The molecular weight excluding hydrogens is 164 g/mol. The first-order chi connectivity index (χ1) is 6.11. The highest BCUT2D eigenvalue weighted by atomic mass is 16.1. The lowest BCUT2D eigenvalue weighted by atomic mass is 9.97. The first-order valence-corrected chi connectivity index (χ1v) is 5.09. The van der Waals surface area contributed by atoms with Gasteiger partial charge in [-0.2, -0.15) is 0 Å². The van der Waals surface area contributed by atoms with E-state index in [9.17, 15) is 4.79 Å². The van der Waals surface area contributed by atoms with Crippen LogP contribution in [0.2, 0.25) is 0 Å². The Hall–Kier alpha value is -0.570. The Morgan fingerprint density at radius 2 is 2.23 bits per heavy atom. The Balaban J connectivity index is 2.30. The number of nitrogens with one attached hydrogen (secondary N) is 2. The molecule has 1 heterocycles. The van der Waals surface area contributed by atoms with Crippen molar-refractivity contribution in [2.45, 2.75) is 20.8 Å². The van der Waals surface area contributed by atoms with Crippen molar-refractivity contribution in [1.29, 1.82) is 0 Å². The molecule has 1 rings (SSSR count). The average molecular weight is 184 g/mol. The molecule has 2 N–H and O–H groups in total. The van der Waals surface area contributed by atoms with E-state index in [0.29, 0.717) is 11.8 Å². The fourth-order valence-corrected chi connectivity index (χ4v) is 1.60. The van der Waals surface area contributed by atoms with E-state index in [1.807, 2.05) is 0 Å². The van der Waals surface area contributed by atoms with E-state index in [-0.39, 0.29) is 11.8 Å². The minimum Gasteiger partial charge on any atom is -0.356 e. The van der Waals surface area contributed by atoms with Crippen LogP contribution in [0.4, 0.5) is 0 Å². The van der Waals surface area contributed by atoms with Crippen molar-refractivity contribution in [2.24, 2.45) is 17.8 Å². The number of amides is 1. The molecule has 3 heteroatoms. The van der Waals surface area contributed by atoms with Crippen LogP contribution in [0.25, 0.3) is 0 Å². The lowest BCUT2D eigenvalue weighted by molar-refractivity contribution is -0.125. The zero-order valence-corrected chi connectivity index (χ0v) is 8.76. The molecule has 0 saturated carbocycles. The van der Waals surface area contributed by atoms with Crippen LogP contribution in [-0.4, -0.2) is 25.5 Å². The molecule has 76 valence electrons. The molecule has 13 heavy (non-hydrogen) atoms. The summed E-state index contributed by atoms with van der Waals surface area (Å²) in [5, 5.41) is 6.21. The standard InChI is InChI=1S/C10H20N2O/c1-7(2)4-12-10(13)9-6-11-5-8(9)3/h7-9,11H,4-6H2,1-3H3,(H,12,13). The molecule has 0 aromatic rings. The molecular formula is C10H20N2O. The van der Waals surface area contributed by atoms with Crippen molar-refractivity contribution in [3.05, 3.63) is 0 Å². The molecule has 1 saturated heterocycles. The summed E-state index contributed by atoms with van der Waals surface area (Å²) in [6.45, 7) is 8.94. The molecule has 2 unspecified atom stereocenters. The summed E-state index contributed by atoms with van der Waals surface area (Å²) in [5.74, 6) is 1.41. The van der Waals surface area contributed by atoms with Gasteiger partial charge in [0, 0.05) is 13.1 Å². The van der Waals surface area contributed by atoms with Crippen LogP contribution in [0.5, 0.6) is 0 Å². The molecule has 3 nitrogen and oxygen atoms in total.